The third-order valence-corrected chi connectivity index (χ3v) is 4.38. The van der Waals surface area contributed by atoms with Gasteiger partial charge in [-0.1, -0.05) is 29.8 Å². The highest BCUT2D eigenvalue weighted by molar-refractivity contribution is 7.15. The molecule has 3 nitrogen and oxygen atoms in total. The van der Waals surface area contributed by atoms with Gasteiger partial charge in [0.15, 0.2) is 0 Å². The molecule has 1 fully saturated rings. The quantitative estimate of drug-likeness (QED) is 0.840. The van der Waals surface area contributed by atoms with Crippen LogP contribution in [-0.4, -0.2) is 28.9 Å². The van der Waals surface area contributed by atoms with Gasteiger partial charge in [0.05, 0.1) is 9.88 Å². The monoisotopic (exact) mass is 272 g/mol. The molecule has 2 aromatic rings. The van der Waals surface area contributed by atoms with E-state index < -0.39 is 0 Å². The van der Waals surface area contributed by atoms with Crippen LogP contribution in [0.5, 0.6) is 0 Å². The topological polar surface area (TPSA) is 33.2 Å². The van der Waals surface area contributed by atoms with Crippen LogP contribution in [0.25, 0.3) is 10.4 Å². The Kier molecular flexibility index (Phi) is 3.11. The number of rotatable bonds is 2. The summed E-state index contributed by atoms with van der Waals surface area (Å²) in [6.07, 6.45) is 1.11. The van der Waals surface area contributed by atoms with Crippen LogP contribution >= 0.6 is 11.3 Å². The molecule has 0 spiro atoms. The molecule has 1 saturated heterocycles. The maximum absolute atomic E-state index is 12.4. The van der Waals surface area contributed by atoms with Gasteiger partial charge in [-0.15, -0.1) is 11.3 Å². The summed E-state index contributed by atoms with van der Waals surface area (Å²) in [7, 11) is 0. The molecule has 19 heavy (non-hydrogen) atoms. The van der Waals surface area contributed by atoms with E-state index in [0.29, 0.717) is 5.69 Å². The van der Waals surface area contributed by atoms with E-state index in [0.717, 1.165) is 35.0 Å². The van der Waals surface area contributed by atoms with E-state index in [2.05, 4.69) is 24.0 Å². The zero-order valence-corrected chi connectivity index (χ0v) is 12.0. The van der Waals surface area contributed by atoms with Crippen molar-refractivity contribution >= 4 is 17.2 Å². The summed E-state index contributed by atoms with van der Waals surface area (Å²) in [5.74, 6) is 0.0760. The summed E-state index contributed by atoms with van der Waals surface area (Å²) >= 11 is 1.60. The first-order valence-electron chi connectivity index (χ1n) is 6.49. The fourth-order valence-corrected chi connectivity index (χ4v) is 3.13. The van der Waals surface area contributed by atoms with Gasteiger partial charge < -0.3 is 4.90 Å². The van der Waals surface area contributed by atoms with Crippen molar-refractivity contribution in [1.29, 1.82) is 0 Å². The van der Waals surface area contributed by atoms with E-state index >= 15 is 0 Å². The summed E-state index contributed by atoms with van der Waals surface area (Å²) in [6, 6.07) is 8.25. The third kappa shape index (κ3) is 2.28. The number of nitrogens with zero attached hydrogens (tertiary/aromatic N) is 2. The second kappa shape index (κ2) is 4.78. The Bertz CT molecular complexity index is 629. The van der Waals surface area contributed by atoms with Gasteiger partial charge in [-0.2, -0.15) is 0 Å². The van der Waals surface area contributed by atoms with Gasteiger partial charge in [0.1, 0.15) is 5.69 Å². The Morgan fingerprint density at radius 1 is 1.32 bits per heavy atom. The van der Waals surface area contributed by atoms with Gasteiger partial charge in [0.25, 0.3) is 5.91 Å². The van der Waals surface area contributed by atoms with Crippen molar-refractivity contribution in [3.8, 4) is 10.4 Å². The van der Waals surface area contributed by atoms with Crippen molar-refractivity contribution < 1.29 is 4.79 Å². The first-order chi connectivity index (χ1) is 9.15. The van der Waals surface area contributed by atoms with Crippen molar-refractivity contribution in [2.24, 2.45) is 0 Å². The lowest BCUT2D eigenvalue weighted by atomic mass is 10.1. The van der Waals surface area contributed by atoms with Crippen LogP contribution in [0.2, 0.25) is 0 Å². The minimum atomic E-state index is 0.0760. The van der Waals surface area contributed by atoms with Gasteiger partial charge in [0.2, 0.25) is 0 Å². The van der Waals surface area contributed by atoms with Crippen LogP contribution < -0.4 is 0 Å². The highest BCUT2D eigenvalue weighted by Crippen LogP contribution is 2.32. The number of amides is 1. The normalized spacial score (nSPS) is 14.3. The second-order valence-electron chi connectivity index (χ2n) is 4.93. The van der Waals surface area contributed by atoms with Crippen molar-refractivity contribution in [3.63, 3.8) is 0 Å². The molecule has 3 rings (SSSR count). The number of hydrogen-bond donors (Lipinski definition) is 0. The minimum Gasteiger partial charge on any atom is -0.337 e. The average molecular weight is 272 g/mol. The van der Waals surface area contributed by atoms with Crippen LogP contribution in [0.15, 0.2) is 24.3 Å². The molecular formula is C15H16N2OS. The average Bonchev–Trinajstić information content (AvgIpc) is 2.69. The summed E-state index contributed by atoms with van der Waals surface area (Å²) in [6.45, 7) is 5.75. The number of likely N-dealkylation sites (tertiary alicyclic amines) is 1. The van der Waals surface area contributed by atoms with Crippen LogP contribution in [-0.2, 0) is 0 Å². The summed E-state index contributed by atoms with van der Waals surface area (Å²) in [5.41, 5.74) is 2.91. The van der Waals surface area contributed by atoms with Crippen LogP contribution in [0.4, 0.5) is 0 Å². The standard InChI is InChI=1S/C15H16N2OS/c1-10-5-3-6-12(9-10)14-13(16-11(2)19-14)15(18)17-7-4-8-17/h3,5-6,9H,4,7-8H2,1-2H3. The van der Waals surface area contributed by atoms with Gasteiger partial charge in [-0.05, 0) is 25.8 Å². The van der Waals surface area contributed by atoms with Crippen molar-refractivity contribution in [3.05, 3.63) is 40.5 Å². The lowest BCUT2D eigenvalue weighted by Crippen LogP contribution is -2.42. The number of aromatic nitrogens is 1. The predicted octanol–water partition coefficient (Wildman–Crippen LogP) is 3.27. The Morgan fingerprint density at radius 3 is 2.74 bits per heavy atom. The Labute approximate surface area is 116 Å². The molecule has 1 aromatic heterocycles. The fourth-order valence-electron chi connectivity index (χ4n) is 2.22. The van der Waals surface area contributed by atoms with Crippen molar-refractivity contribution in [2.45, 2.75) is 20.3 Å². The van der Waals surface area contributed by atoms with Gasteiger partial charge in [-0.25, -0.2) is 4.98 Å². The smallest absolute Gasteiger partial charge is 0.273 e. The number of hydrogen-bond acceptors (Lipinski definition) is 3. The molecule has 0 saturated carbocycles. The van der Waals surface area contributed by atoms with E-state index in [-0.39, 0.29) is 5.91 Å². The number of benzene rings is 1. The number of carbonyl (C=O) groups is 1. The van der Waals surface area contributed by atoms with E-state index in [4.69, 9.17) is 0 Å². The number of thiazole rings is 1. The molecule has 1 amide bonds. The maximum Gasteiger partial charge on any atom is 0.273 e. The largest absolute Gasteiger partial charge is 0.337 e. The van der Waals surface area contributed by atoms with E-state index in [1.54, 1.807) is 11.3 Å². The fraction of sp³-hybridized carbons (Fsp3) is 0.333. The summed E-state index contributed by atoms with van der Waals surface area (Å²) in [4.78, 5) is 19.7. The number of aryl methyl sites for hydroxylation is 2. The Hall–Kier alpha value is -1.68. The summed E-state index contributed by atoms with van der Waals surface area (Å²) < 4.78 is 0. The van der Waals surface area contributed by atoms with Crippen LogP contribution in [0.3, 0.4) is 0 Å². The molecule has 0 bridgehead atoms. The molecular weight excluding hydrogens is 256 g/mol. The lowest BCUT2D eigenvalue weighted by Gasteiger charge is -2.30. The molecule has 1 aliphatic rings. The Morgan fingerprint density at radius 2 is 2.11 bits per heavy atom. The molecule has 98 valence electrons. The lowest BCUT2D eigenvalue weighted by molar-refractivity contribution is 0.0647. The van der Waals surface area contributed by atoms with Gasteiger partial charge in [-0.3, -0.25) is 4.79 Å². The first-order valence-corrected chi connectivity index (χ1v) is 7.30. The molecule has 0 radical (unpaired) electrons. The molecule has 1 aromatic carbocycles. The Balaban J connectivity index is 2.03. The van der Waals surface area contributed by atoms with Crippen LogP contribution in [0, 0.1) is 13.8 Å². The molecule has 0 N–H and O–H groups in total. The highest BCUT2D eigenvalue weighted by atomic mass is 32.1. The second-order valence-corrected chi connectivity index (χ2v) is 6.13. The molecule has 2 heterocycles. The van der Waals surface area contributed by atoms with Crippen molar-refractivity contribution in [2.75, 3.05) is 13.1 Å². The van der Waals surface area contributed by atoms with Crippen molar-refractivity contribution in [1.82, 2.24) is 9.88 Å². The zero-order chi connectivity index (χ0) is 13.4. The zero-order valence-electron chi connectivity index (χ0n) is 11.1. The van der Waals surface area contributed by atoms with E-state index in [1.807, 2.05) is 24.0 Å². The molecule has 0 aliphatic carbocycles. The molecule has 0 atom stereocenters. The van der Waals surface area contributed by atoms with Gasteiger partial charge >= 0.3 is 0 Å². The minimum absolute atomic E-state index is 0.0760. The van der Waals surface area contributed by atoms with E-state index in [9.17, 15) is 4.79 Å². The maximum atomic E-state index is 12.4. The first kappa shape index (κ1) is 12.4. The summed E-state index contributed by atoms with van der Waals surface area (Å²) in [5, 5.41) is 0.945. The third-order valence-electron chi connectivity index (χ3n) is 3.36. The highest BCUT2D eigenvalue weighted by Gasteiger charge is 2.26. The van der Waals surface area contributed by atoms with Crippen LogP contribution in [0.1, 0.15) is 27.5 Å². The molecule has 1 aliphatic heterocycles. The number of carbonyl (C=O) groups excluding carboxylic acids is 1. The van der Waals surface area contributed by atoms with Gasteiger partial charge in [0, 0.05) is 13.1 Å². The molecule has 4 heteroatoms. The molecule has 0 unspecified atom stereocenters. The van der Waals surface area contributed by atoms with E-state index in [1.165, 1.54) is 5.56 Å². The predicted molar refractivity (Wildman–Crippen MR) is 77.5 cm³/mol. The SMILES string of the molecule is Cc1cccc(-c2sc(C)nc2C(=O)N2CCC2)c1.